The summed E-state index contributed by atoms with van der Waals surface area (Å²) in [6.45, 7) is 2.72. The first-order valence-electron chi connectivity index (χ1n) is 6.53. The normalized spacial score (nSPS) is 17.1. The molecule has 0 bridgehead atoms. The van der Waals surface area contributed by atoms with Gasteiger partial charge < -0.3 is 5.32 Å². The maximum absolute atomic E-state index is 5.49. The Hall–Kier alpha value is -1.14. The summed E-state index contributed by atoms with van der Waals surface area (Å²) in [6.07, 6.45) is 7.96. The van der Waals surface area contributed by atoms with Gasteiger partial charge in [0, 0.05) is 17.1 Å². The number of guanidine groups is 1. The number of rotatable bonds is 4. The summed E-state index contributed by atoms with van der Waals surface area (Å²) in [5.74, 6) is 6.16. The Morgan fingerprint density at radius 3 is 2.94 bits per heavy atom. The van der Waals surface area contributed by atoms with Crippen molar-refractivity contribution in [3.05, 3.63) is 16.1 Å². The molecule has 1 aliphatic rings. The molecular formula is C12H21N5S. The van der Waals surface area contributed by atoms with Crippen molar-refractivity contribution in [3.63, 3.8) is 0 Å². The summed E-state index contributed by atoms with van der Waals surface area (Å²) in [4.78, 5) is 10.1. The van der Waals surface area contributed by atoms with Crippen LogP contribution in [0.3, 0.4) is 0 Å². The van der Waals surface area contributed by atoms with Gasteiger partial charge >= 0.3 is 0 Å². The average molecular weight is 267 g/mol. The molecule has 0 radical (unpaired) electrons. The van der Waals surface area contributed by atoms with Crippen molar-refractivity contribution in [1.29, 1.82) is 0 Å². The minimum Gasteiger partial charge on any atom is -0.353 e. The predicted molar refractivity (Wildman–Crippen MR) is 75.3 cm³/mol. The molecule has 0 atom stereocenters. The van der Waals surface area contributed by atoms with E-state index < -0.39 is 0 Å². The standard InChI is InChI=1S/C12H21N5S/c1-2-10-7-14-11(18-10)8-15-12(17-13)16-9-5-3-4-6-9/h7,9H,2-6,8,13H2,1H3,(H2,15,16,17). The first-order valence-corrected chi connectivity index (χ1v) is 7.34. The molecule has 1 aromatic heterocycles. The zero-order valence-corrected chi connectivity index (χ0v) is 11.6. The number of nitrogens with two attached hydrogens (primary N) is 1. The van der Waals surface area contributed by atoms with Crippen LogP contribution in [0.1, 0.15) is 42.5 Å². The molecule has 1 aromatic rings. The van der Waals surface area contributed by atoms with Crippen molar-refractivity contribution < 1.29 is 0 Å². The van der Waals surface area contributed by atoms with E-state index in [2.05, 4.69) is 27.6 Å². The van der Waals surface area contributed by atoms with Gasteiger partial charge in [-0.05, 0) is 19.3 Å². The summed E-state index contributed by atoms with van der Waals surface area (Å²) in [5, 5.41) is 4.38. The fourth-order valence-corrected chi connectivity index (χ4v) is 2.91. The van der Waals surface area contributed by atoms with E-state index in [0.717, 1.165) is 11.4 Å². The van der Waals surface area contributed by atoms with Gasteiger partial charge in [-0.3, -0.25) is 5.43 Å². The van der Waals surface area contributed by atoms with Gasteiger partial charge in [0.05, 0.1) is 6.54 Å². The Morgan fingerprint density at radius 2 is 2.33 bits per heavy atom. The van der Waals surface area contributed by atoms with Gasteiger partial charge in [-0.2, -0.15) is 0 Å². The molecule has 6 heteroatoms. The monoisotopic (exact) mass is 267 g/mol. The lowest BCUT2D eigenvalue weighted by molar-refractivity contribution is 0.614. The van der Waals surface area contributed by atoms with Gasteiger partial charge in [0.25, 0.3) is 0 Å². The summed E-state index contributed by atoms with van der Waals surface area (Å²) >= 11 is 1.71. The number of aliphatic imine (C=N–C) groups is 1. The third kappa shape index (κ3) is 3.68. The van der Waals surface area contributed by atoms with Gasteiger partial charge in [0.15, 0.2) is 0 Å². The van der Waals surface area contributed by atoms with Crippen molar-refractivity contribution in [2.24, 2.45) is 10.8 Å². The van der Waals surface area contributed by atoms with Crippen LogP contribution in [-0.4, -0.2) is 17.0 Å². The molecule has 0 aliphatic heterocycles. The SMILES string of the molecule is CCc1cnc(CN=C(NN)NC2CCCC2)s1. The average Bonchev–Trinajstić information content (AvgIpc) is 3.05. The third-order valence-electron chi connectivity index (χ3n) is 3.16. The van der Waals surface area contributed by atoms with E-state index in [1.807, 2.05) is 6.20 Å². The highest BCUT2D eigenvalue weighted by Gasteiger charge is 2.15. The maximum atomic E-state index is 5.49. The predicted octanol–water partition coefficient (Wildman–Crippen LogP) is 1.56. The number of aromatic nitrogens is 1. The molecule has 1 heterocycles. The summed E-state index contributed by atoms with van der Waals surface area (Å²) in [5.41, 5.74) is 2.64. The second kappa shape index (κ2) is 6.70. The second-order valence-corrected chi connectivity index (χ2v) is 5.71. The lowest BCUT2D eigenvalue weighted by Crippen LogP contribution is -2.45. The highest BCUT2D eigenvalue weighted by molar-refractivity contribution is 7.11. The van der Waals surface area contributed by atoms with Crippen LogP contribution >= 0.6 is 11.3 Å². The molecule has 1 aliphatic carbocycles. The van der Waals surface area contributed by atoms with Gasteiger partial charge in [-0.15, -0.1) is 11.3 Å². The molecule has 5 nitrogen and oxygen atoms in total. The fraction of sp³-hybridized carbons (Fsp3) is 0.667. The largest absolute Gasteiger partial charge is 0.353 e. The lowest BCUT2D eigenvalue weighted by Gasteiger charge is -2.14. The Bertz CT molecular complexity index is 395. The molecule has 0 unspecified atom stereocenters. The number of nitrogens with one attached hydrogen (secondary N) is 2. The molecular weight excluding hydrogens is 246 g/mol. The highest BCUT2D eigenvalue weighted by atomic mass is 32.1. The first-order chi connectivity index (χ1) is 8.81. The Morgan fingerprint density at radius 1 is 1.56 bits per heavy atom. The summed E-state index contributed by atoms with van der Waals surface area (Å²) < 4.78 is 0. The van der Waals surface area contributed by atoms with E-state index in [1.54, 1.807) is 11.3 Å². The third-order valence-corrected chi connectivity index (χ3v) is 4.28. The highest BCUT2D eigenvalue weighted by Crippen LogP contribution is 2.17. The van der Waals surface area contributed by atoms with Gasteiger partial charge in [0.2, 0.25) is 5.96 Å². The van der Waals surface area contributed by atoms with E-state index in [0.29, 0.717) is 18.5 Å². The van der Waals surface area contributed by atoms with Crippen LogP contribution in [0.25, 0.3) is 0 Å². The fourth-order valence-electron chi connectivity index (χ4n) is 2.13. The van der Waals surface area contributed by atoms with Crippen LogP contribution < -0.4 is 16.6 Å². The van der Waals surface area contributed by atoms with Gasteiger partial charge in [-0.1, -0.05) is 19.8 Å². The van der Waals surface area contributed by atoms with Crippen LogP contribution in [-0.2, 0) is 13.0 Å². The number of hydrazine groups is 1. The van der Waals surface area contributed by atoms with Crippen LogP contribution in [0.5, 0.6) is 0 Å². The van der Waals surface area contributed by atoms with E-state index in [-0.39, 0.29) is 0 Å². The van der Waals surface area contributed by atoms with E-state index >= 15 is 0 Å². The molecule has 100 valence electrons. The van der Waals surface area contributed by atoms with Crippen LogP contribution in [0.4, 0.5) is 0 Å². The molecule has 0 spiro atoms. The summed E-state index contributed by atoms with van der Waals surface area (Å²) in [7, 11) is 0. The van der Waals surface area contributed by atoms with E-state index in [1.165, 1.54) is 30.6 Å². The van der Waals surface area contributed by atoms with Crippen LogP contribution in [0, 0.1) is 0 Å². The summed E-state index contributed by atoms with van der Waals surface area (Å²) in [6, 6.07) is 0.516. The quantitative estimate of drug-likeness (QED) is 0.335. The zero-order valence-electron chi connectivity index (χ0n) is 10.8. The van der Waals surface area contributed by atoms with Crippen molar-refractivity contribution in [1.82, 2.24) is 15.7 Å². The smallest absolute Gasteiger partial charge is 0.206 e. The topological polar surface area (TPSA) is 75.3 Å². The lowest BCUT2D eigenvalue weighted by atomic mass is 10.2. The molecule has 1 fully saturated rings. The maximum Gasteiger partial charge on any atom is 0.206 e. The molecule has 0 saturated heterocycles. The van der Waals surface area contributed by atoms with Gasteiger partial charge in [0.1, 0.15) is 5.01 Å². The minimum absolute atomic E-state index is 0.516. The molecule has 0 aromatic carbocycles. The number of aryl methyl sites for hydroxylation is 1. The van der Waals surface area contributed by atoms with Crippen LogP contribution in [0.15, 0.2) is 11.2 Å². The van der Waals surface area contributed by atoms with Gasteiger partial charge in [-0.25, -0.2) is 15.8 Å². The number of hydrogen-bond donors (Lipinski definition) is 3. The van der Waals surface area contributed by atoms with Crippen molar-refractivity contribution in [2.45, 2.75) is 51.6 Å². The molecule has 0 amide bonds. The Labute approximate surface area is 112 Å². The molecule has 2 rings (SSSR count). The number of hydrogen-bond acceptors (Lipinski definition) is 4. The van der Waals surface area contributed by atoms with Crippen molar-refractivity contribution in [2.75, 3.05) is 0 Å². The Kier molecular flexibility index (Phi) is 4.95. The van der Waals surface area contributed by atoms with Crippen LogP contribution in [0.2, 0.25) is 0 Å². The molecule has 4 N–H and O–H groups in total. The van der Waals surface area contributed by atoms with E-state index in [9.17, 15) is 0 Å². The molecule has 18 heavy (non-hydrogen) atoms. The number of thiazole rings is 1. The Balaban J connectivity index is 1.88. The van der Waals surface area contributed by atoms with Crippen molar-refractivity contribution >= 4 is 17.3 Å². The second-order valence-electron chi connectivity index (χ2n) is 4.51. The van der Waals surface area contributed by atoms with Crippen molar-refractivity contribution in [3.8, 4) is 0 Å². The van der Waals surface area contributed by atoms with E-state index in [4.69, 9.17) is 5.84 Å². The zero-order chi connectivity index (χ0) is 12.8. The minimum atomic E-state index is 0.516. The first kappa shape index (κ1) is 13.3. The number of nitrogens with zero attached hydrogens (tertiary/aromatic N) is 2. The molecule has 1 saturated carbocycles.